The molecule has 2 rings (SSSR count). The third kappa shape index (κ3) is 6.42. The number of amides is 2. The van der Waals surface area contributed by atoms with Crippen LogP contribution in [0.2, 0.25) is 5.02 Å². The van der Waals surface area contributed by atoms with E-state index in [1.165, 1.54) is 31.0 Å². The summed E-state index contributed by atoms with van der Waals surface area (Å²) in [5.74, 6) is -1.13. The first-order chi connectivity index (χ1) is 15.4. The molecule has 0 aromatic heterocycles. The second kappa shape index (κ2) is 10.6. The summed E-state index contributed by atoms with van der Waals surface area (Å²) >= 11 is 6.22. The fourth-order valence-corrected chi connectivity index (χ4v) is 4.27. The van der Waals surface area contributed by atoms with Gasteiger partial charge in [0.2, 0.25) is 21.8 Å². The Morgan fingerprint density at radius 3 is 2.39 bits per heavy atom. The number of sulfonamides is 1. The van der Waals surface area contributed by atoms with Crippen LogP contribution in [0.1, 0.15) is 18.1 Å². The average Bonchev–Trinajstić information content (AvgIpc) is 2.75. The number of anilines is 1. The number of hydrogen-bond donors (Lipinski definition) is 1. The molecule has 0 saturated carbocycles. The van der Waals surface area contributed by atoms with Crippen LogP contribution in [0.25, 0.3) is 0 Å². The molecule has 0 bridgehead atoms. The van der Waals surface area contributed by atoms with Crippen LogP contribution in [0.4, 0.5) is 11.4 Å². The van der Waals surface area contributed by atoms with Gasteiger partial charge in [-0.2, -0.15) is 0 Å². The van der Waals surface area contributed by atoms with E-state index >= 15 is 0 Å². The second-order valence-corrected chi connectivity index (χ2v) is 9.71. The van der Waals surface area contributed by atoms with Crippen LogP contribution in [0, 0.1) is 17.0 Å². The van der Waals surface area contributed by atoms with Crippen molar-refractivity contribution >= 4 is 44.8 Å². The van der Waals surface area contributed by atoms with E-state index < -0.39 is 39.3 Å². The number of carbonyl (C=O) groups excluding carboxylic acids is 2. The van der Waals surface area contributed by atoms with Crippen molar-refractivity contribution in [2.24, 2.45) is 0 Å². The minimum atomic E-state index is -4.01. The number of halogens is 1. The van der Waals surface area contributed by atoms with Gasteiger partial charge >= 0.3 is 0 Å². The third-order valence-corrected chi connectivity index (χ3v) is 6.56. The standard InChI is InChI=1S/C21H25ClN4O6S/c1-14-9-10-17(26(29)30)11-19(14)25(33(4,31)32)13-20(27)24(15(2)21(28)23-3)12-16-7-5-6-8-18(16)22/h5-11,15H,12-13H2,1-4H3,(H,23,28)/t15-/m1/s1. The van der Waals surface area contributed by atoms with E-state index in [9.17, 15) is 28.1 Å². The Balaban J connectivity index is 2.49. The van der Waals surface area contributed by atoms with E-state index in [1.54, 1.807) is 31.2 Å². The van der Waals surface area contributed by atoms with Gasteiger partial charge < -0.3 is 10.2 Å². The number of nitro benzene ring substituents is 1. The Morgan fingerprint density at radius 2 is 1.85 bits per heavy atom. The predicted octanol–water partition coefficient (Wildman–Crippen LogP) is 2.49. The largest absolute Gasteiger partial charge is 0.357 e. The molecular weight excluding hydrogens is 472 g/mol. The first-order valence-electron chi connectivity index (χ1n) is 9.84. The highest BCUT2D eigenvalue weighted by atomic mass is 35.5. The van der Waals surface area contributed by atoms with Gasteiger partial charge in [-0.1, -0.05) is 35.9 Å². The van der Waals surface area contributed by atoms with Crippen LogP contribution in [0.15, 0.2) is 42.5 Å². The van der Waals surface area contributed by atoms with Crippen molar-refractivity contribution in [1.82, 2.24) is 10.2 Å². The third-order valence-electron chi connectivity index (χ3n) is 5.06. The maximum atomic E-state index is 13.3. The molecule has 2 amide bonds. The number of rotatable bonds is 9. The molecule has 1 N–H and O–H groups in total. The average molecular weight is 497 g/mol. The van der Waals surface area contributed by atoms with Crippen LogP contribution >= 0.6 is 11.6 Å². The molecule has 0 spiro atoms. The fourth-order valence-electron chi connectivity index (χ4n) is 3.18. The normalized spacial score (nSPS) is 12.0. The summed E-state index contributed by atoms with van der Waals surface area (Å²) in [6.45, 7) is 2.39. The van der Waals surface area contributed by atoms with Crippen molar-refractivity contribution in [1.29, 1.82) is 0 Å². The first-order valence-corrected chi connectivity index (χ1v) is 12.1. The summed E-state index contributed by atoms with van der Waals surface area (Å²) in [6, 6.07) is 9.59. The molecule has 10 nitrogen and oxygen atoms in total. The molecule has 0 aliphatic carbocycles. The van der Waals surface area contributed by atoms with Crippen LogP contribution in [0.5, 0.6) is 0 Å². The van der Waals surface area contributed by atoms with E-state index in [4.69, 9.17) is 11.6 Å². The highest BCUT2D eigenvalue weighted by Gasteiger charge is 2.31. The lowest BCUT2D eigenvalue weighted by Gasteiger charge is -2.31. The highest BCUT2D eigenvalue weighted by Crippen LogP contribution is 2.28. The number of hydrogen-bond acceptors (Lipinski definition) is 6. The van der Waals surface area contributed by atoms with Gasteiger partial charge in [0.1, 0.15) is 12.6 Å². The van der Waals surface area contributed by atoms with Crippen molar-refractivity contribution in [2.75, 3.05) is 24.2 Å². The van der Waals surface area contributed by atoms with Crippen LogP contribution < -0.4 is 9.62 Å². The van der Waals surface area contributed by atoms with E-state index in [1.807, 2.05) is 0 Å². The molecule has 0 aliphatic rings. The van der Waals surface area contributed by atoms with Crippen LogP contribution in [-0.4, -0.2) is 55.9 Å². The summed E-state index contributed by atoms with van der Waals surface area (Å²) in [6.07, 6.45) is 0.902. The molecule has 0 fully saturated rings. The van der Waals surface area contributed by atoms with Crippen LogP contribution in [0.3, 0.4) is 0 Å². The number of nitrogens with one attached hydrogen (secondary N) is 1. The van der Waals surface area contributed by atoms with Crippen molar-refractivity contribution in [3.05, 3.63) is 68.7 Å². The molecule has 2 aromatic rings. The van der Waals surface area contributed by atoms with Crippen LogP contribution in [-0.2, 0) is 26.2 Å². The SMILES string of the molecule is CNC(=O)[C@@H](C)N(Cc1ccccc1Cl)C(=O)CN(c1cc([N+](=O)[O-])ccc1C)S(C)(=O)=O. The summed E-state index contributed by atoms with van der Waals surface area (Å²) < 4.78 is 26.0. The maximum Gasteiger partial charge on any atom is 0.271 e. The number of nitrogens with zero attached hydrogens (tertiary/aromatic N) is 3. The number of likely N-dealkylation sites (N-methyl/N-ethyl adjacent to an activating group) is 1. The van der Waals surface area contributed by atoms with Crippen molar-refractivity contribution in [3.63, 3.8) is 0 Å². The molecular formula is C21H25ClN4O6S. The van der Waals surface area contributed by atoms with Gasteiger partial charge in [0.25, 0.3) is 5.69 Å². The van der Waals surface area contributed by atoms with E-state index in [2.05, 4.69) is 5.32 Å². The van der Waals surface area contributed by atoms with Gasteiger partial charge in [0.15, 0.2) is 0 Å². The number of benzene rings is 2. The lowest BCUT2D eigenvalue weighted by molar-refractivity contribution is -0.384. The van der Waals surface area contributed by atoms with Gasteiger partial charge in [0, 0.05) is 30.7 Å². The molecule has 0 heterocycles. The van der Waals surface area contributed by atoms with Gasteiger partial charge in [-0.15, -0.1) is 0 Å². The zero-order chi connectivity index (χ0) is 24.9. The molecule has 0 unspecified atom stereocenters. The Kier molecular flexibility index (Phi) is 8.39. The van der Waals surface area contributed by atoms with Crippen molar-refractivity contribution < 1.29 is 22.9 Å². The summed E-state index contributed by atoms with van der Waals surface area (Å²) in [5.41, 5.74) is 0.685. The van der Waals surface area contributed by atoms with Crippen molar-refractivity contribution in [3.8, 4) is 0 Å². The van der Waals surface area contributed by atoms with E-state index in [0.29, 0.717) is 16.1 Å². The first kappa shape index (κ1) is 26.1. The fraction of sp³-hybridized carbons (Fsp3) is 0.333. The molecule has 0 aliphatic heterocycles. The zero-order valence-corrected chi connectivity index (χ0v) is 20.2. The monoisotopic (exact) mass is 496 g/mol. The summed E-state index contributed by atoms with van der Waals surface area (Å²) in [5, 5.41) is 14.1. The Hall–Kier alpha value is -3.18. The lowest BCUT2D eigenvalue weighted by atomic mass is 10.1. The number of non-ortho nitro benzene ring substituents is 1. The molecule has 1 atom stereocenters. The molecule has 0 radical (unpaired) electrons. The van der Waals surface area contributed by atoms with E-state index in [-0.39, 0.29) is 17.9 Å². The van der Waals surface area contributed by atoms with Crippen molar-refractivity contribution in [2.45, 2.75) is 26.4 Å². The zero-order valence-electron chi connectivity index (χ0n) is 18.6. The number of nitro groups is 1. The second-order valence-electron chi connectivity index (χ2n) is 7.40. The lowest BCUT2D eigenvalue weighted by Crippen LogP contribution is -2.50. The van der Waals surface area contributed by atoms with Gasteiger partial charge in [-0.05, 0) is 31.0 Å². The minimum absolute atomic E-state index is 0.00494. The minimum Gasteiger partial charge on any atom is -0.357 e. The topological polar surface area (TPSA) is 130 Å². The summed E-state index contributed by atoms with van der Waals surface area (Å²) in [4.78, 5) is 37.4. The van der Waals surface area contributed by atoms with Gasteiger partial charge in [-0.3, -0.25) is 24.0 Å². The van der Waals surface area contributed by atoms with Gasteiger partial charge in [-0.25, -0.2) is 8.42 Å². The molecule has 33 heavy (non-hydrogen) atoms. The van der Waals surface area contributed by atoms with E-state index in [0.717, 1.165) is 16.6 Å². The number of carbonyl (C=O) groups is 2. The predicted molar refractivity (Wildman–Crippen MR) is 126 cm³/mol. The molecule has 0 saturated heterocycles. The Labute approximate surface area is 197 Å². The number of aryl methyl sites for hydroxylation is 1. The molecule has 12 heteroatoms. The molecule has 2 aromatic carbocycles. The maximum absolute atomic E-state index is 13.3. The Morgan fingerprint density at radius 1 is 1.21 bits per heavy atom. The summed E-state index contributed by atoms with van der Waals surface area (Å²) in [7, 11) is -2.58. The van der Waals surface area contributed by atoms with Gasteiger partial charge in [0.05, 0.1) is 16.9 Å². The smallest absolute Gasteiger partial charge is 0.271 e. The quantitative estimate of drug-likeness (QED) is 0.419. The Bertz CT molecular complexity index is 1170. The molecule has 178 valence electrons. The highest BCUT2D eigenvalue weighted by molar-refractivity contribution is 7.92.